The summed E-state index contributed by atoms with van der Waals surface area (Å²) in [4.78, 5) is 30.3. The second kappa shape index (κ2) is 7.06. The highest BCUT2D eigenvalue weighted by atomic mass is 16.4. The number of benzene rings is 1. The molecule has 6 nitrogen and oxygen atoms in total. The maximum atomic E-state index is 12.6. The zero-order chi connectivity index (χ0) is 16.1. The summed E-state index contributed by atoms with van der Waals surface area (Å²) in [5.41, 5.74) is 0.293. The average molecular weight is 303 g/mol. The van der Waals surface area contributed by atoms with Crippen LogP contribution in [0.1, 0.15) is 26.7 Å². The zero-order valence-corrected chi connectivity index (χ0v) is 13.0. The van der Waals surface area contributed by atoms with E-state index in [-0.39, 0.29) is 12.1 Å². The summed E-state index contributed by atoms with van der Waals surface area (Å²) in [5, 5.41) is 9.57. The molecule has 0 spiro atoms. The summed E-state index contributed by atoms with van der Waals surface area (Å²) < 4.78 is 1.26. The summed E-state index contributed by atoms with van der Waals surface area (Å²) in [6.07, 6.45) is 1.80. The highest BCUT2D eigenvalue weighted by molar-refractivity contribution is 5.79. The highest BCUT2D eigenvalue weighted by Crippen LogP contribution is 2.16. The molecule has 0 atom stereocenters. The molecule has 1 aromatic carbocycles. The Labute approximate surface area is 129 Å². The minimum absolute atomic E-state index is 0.305. The molecule has 0 bridgehead atoms. The number of nitrogens with zero attached hydrogens (tertiary/aromatic N) is 3. The van der Waals surface area contributed by atoms with E-state index in [9.17, 15) is 9.59 Å². The molecule has 0 radical (unpaired) electrons. The van der Waals surface area contributed by atoms with Gasteiger partial charge in [0, 0.05) is 13.1 Å². The molecule has 1 aromatic heterocycles. The van der Waals surface area contributed by atoms with E-state index in [0.29, 0.717) is 16.9 Å². The van der Waals surface area contributed by atoms with E-state index < -0.39 is 5.97 Å². The van der Waals surface area contributed by atoms with Crippen LogP contribution in [-0.4, -0.2) is 33.7 Å². The van der Waals surface area contributed by atoms with Gasteiger partial charge in [-0.15, -0.1) is 0 Å². The molecule has 22 heavy (non-hydrogen) atoms. The van der Waals surface area contributed by atoms with E-state index in [4.69, 9.17) is 5.11 Å². The predicted molar refractivity (Wildman–Crippen MR) is 86.4 cm³/mol. The Bertz CT molecular complexity index is 718. The van der Waals surface area contributed by atoms with Crippen molar-refractivity contribution >= 4 is 22.8 Å². The molecule has 0 fully saturated rings. The first-order valence-corrected chi connectivity index (χ1v) is 7.54. The number of fused-ring (bicyclic) bond motifs is 1. The summed E-state index contributed by atoms with van der Waals surface area (Å²) in [5.74, 6) is -0.608. The Balaban J connectivity index is 2.67. The van der Waals surface area contributed by atoms with Crippen molar-refractivity contribution in [3.05, 3.63) is 34.6 Å². The van der Waals surface area contributed by atoms with Gasteiger partial charge in [-0.05, 0) is 25.0 Å². The van der Waals surface area contributed by atoms with Crippen molar-refractivity contribution in [1.82, 2.24) is 9.55 Å². The molecule has 0 saturated carbocycles. The molecular formula is C16H21N3O3. The van der Waals surface area contributed by atoms with Crippen LogP contribution in [0.25, 0.3) is 10.9 Å². The molecular weight excluding hydrogens is 282 g/mol. The third-order valence-electron chi connectivity index (χ3n) is 3.40. The minimum Gasteiger partial charge on any atom is -0.480 e. The van der Waals surface area contributed by atoms with Gasteiger partial charge in [-0.1, -0.05) is 26.0 Å². The zero-order valence-electron chi connectivity index (χ0n) is 13.0. The molecule has 0 aliphatic carbocycles. The maximum Gasteiger partial charge on any atom is 0.323 e. The van der Waals surface area contributed by atoms with Gasteiger partial charge in [0.05, 0.1) is 10.9 Å². The van der Waals surface area contributed by atoms with E-state index in [1.165, 1.54) is 4.57 Å². The molecule has 2 aromatic rings. The third-order valence-corrected chi connectivity index (χ3v) is 3.40. The molecule has 0 aliphatic heterocycles. The molecule has 1 heterocycles. The molecule has 2 rings (SSSR count). The van der Waals surface area contributed by atoms with Crippen molar-refractivity contribution in [3.8, 4) is 0 Å². The highest BCUT2D eigenvalue weighted by Gasteiger charge is 2.17. The van der Waals surface area contributed by atoms with Crippen molar-refractivity contribution < 1.29 is 9.90 Å². The van der Waals surface area contributed by atoms with Gasteiger partial charge < -0.3 is 10.0 Å². The van der Waals surface area contributed by atoms with Crippen LogP contribution in [0.2, 0.25) is 0 Å². The Kier molecular flexibility index (Phi) is 5.14. The van der Waals surface area contributed by atoms with Crippen molar-refractivity contribution in [2.75, 3.05) is 18.0 Å². The normalized spacial score (nSPS) is 10.8. The van der Waals surface area contributed by atoms with E-state index in [1.54, 1.807) is 18.2 Å². The molecule has 1 N–H and O–H groups in total. The topological polar surface area (TPSA) is 75.4 Å². The van der Waals surface area contributed by atoms with Crippen LogP contribution in [0, 0.1) is 0 Å². The first-order chi connectivity index (χ1) is 10.6. The van der Waals surface area contributed by atoms with Gasteiger partial charge in [0.2, 0.25) is 5.95 Å². The van der Waals surface area contributed by atoms with Gasteiger partial charge in [-0.2, -0.15) is 0 Å². The molecule has 0 amide bonds. The standard InChI is InChI=1S/C16H21N3O3/c1-3-9-18(10-4-2)16-17-13-8-6-5-7-12(13)15(22)19(16)11-14(20)21/h5-8H,3-4,9-11H2,1-2H3,(H,20,21). The molecule has 6 heteroatoms. The first kappa shape index (κ1) is 16.0. The number of hydrogen-bond donors (Lipinski definition) is 1. The summed E-state index contributed by atoms with van der Waals surface area (Å²) in [6.45, 7) is 5.18. The fourth-order valence-corrected chi connectivity index (χ4v) is 2.53. The number of hydrogen-bond acceptors (Lipinski definition) is 4. The number of aliphatic carboxylic acids is 1. The quantitative estimate of drug-likeness (QED) is 0.848. The lowest BCUT2D eigenvalue weighted by Gasteiger charge is -2.25. The monoisotopic (exact) mass is 303 g/mol. The predicted octanol–water partition coefficient (Wildman–Crippen LogP) is 2.11. The van der Waals surface area contributed by atoms with Crippen LogP contribution >= 0.6 is 0 Å². The summed E-state index contributed by atoms with van der Waals surface area (Å²) in [6, 6.07) is 7.04. The Morgan fingerprint density at radius 2 is 1.86 bits per heavy atom. The number of carboxylic acid groups (broad SMARTS) is 1. The van der Waals surface area contributed by atoms with Gasteiger partial charge in [0.15, 0.2) is 0 Å². The lowest BCUT2D eigenvalue weighted by molar-refractivity contribution is -0.137. The van der Waals surface area contributed by atoms with Crippen LogP contribution in [0.3, 0.4) is 0 Å². The molecule has 0 unspecified atom stereocenters. The number of rotatable bonds is 7. The van der Waals surface area contributed by atoms with Crippen molar-refractivity contribution in [2.45, 2.75) is 33.2 Å². The van der Waals surface area contributed by atoms with Crippen LogP contribution in [0.5, 0.6) is 0 Å². The Morgan fingerprint density at radius 1 is 1.23 bits per heavy atom. The number of para-hydroxylation sites is 1. The Morgan fingerprint density at radius 3 is 2.45 bits per heavy atom. The second-order valence-corrected chi connectivity index (χ2v) is 5.20. The van der Waals surface area contributed by atoms with Gasteiger partial charge in [0.1, 0.15) is 6.54 Å². The van der Waals surface area contributed by atoms with Gasteiger partial charge in [0.25, 0.3) is 5.56 Å². The van der Waals surface area contributed by atoms with Gasteiger partial charge in [-0.3, -0.25) is 14.2 Å². The van der Waals surface area contributed by atoms with Crippen LogP contribution in [0.4, 0.5) is 5.95 Å². The molecule has 118 valence electrons. The van der Waals surface area contributed by atoms with Crippen LogP contribution in [-0.2, 0) is 11.3 Å². The third kappa shape index (κ3) is 3.27. The lowest BCUT2D eigenvalue weighted by Crippen LogP contribution is -2.35. The fraction of sp³-hybridized carbons (Fsp3) is 0.438. The van der Waals surface area contributed by atoms with Crippen molar-refractivity contribution in [2.24, 2.45) is 0 Å². The van der Waals surface area contributed by atoms with E-state index in [0.717, 1.165) is 25.9 Å². The van der Waals surface area contributed by atoms with Crippen molar-refractivity contribution in [3.63, 3.8) is 0 Å². The maximum absolute atomic E-state index is 12.6. The number of anilines is 1. The smallest absolute Gasteiger partial charge is 0.323 e. The Hall–Kier alpha value is -2.37. The van der Waals surface area contributed by atoms with Crippen molar-refractivity contribution in [1.29, 1.82) is 0 Å². The van der Waals surface area contributed by atoms with Gasteiger partial charge in [-0.25, -0.2) is 4.98 Å². The largest absolute Gasteiger partial charge is 0.480 e. The number of carboxylic acids is 1. The van der Waals surface area contributed by atoms with Gasteiger partial charge >= 0.3 is 5.97 Å². The number of aromatic nitrogens is 2. The van der Waals surface area contributed by atoms with E-state index >= 15 is 0 Å². The SMILES string of the molecule is CCCN(CCC)c1nc2ccccc2c(=O)n1CC(=O)O. The van der Waals surface area contributed by atoms with E-state index in [1.807, 2.05) is 24.8 Å². The van der Waals surface area contributed by atoms with Crippen LogP contribution < -0.4 is 10.5 Å². The minimum atomic E-state index is -1.05. The number of carbonyl (C=O) groups is 1. The van der Waals surface area contributed by atoms with E-state index in [2.05, 4.69) is 4.98 Å². The lowest BCUT2D eigenvalue weighted by atomic mass is 10.2. The second-order valence-electron chi connectivity index (χ2n) is 5.20. The molecule has 0 saturated heterocycles. The molecule has 0 aliphatic rings. The average Bonchev–Trinajstić information content (AvgIpc) is 2.49. The van der Waals surface area contributed by atoms with Crippen LogP contribution in [0.15, 0.2) is 29.1 Å². The first-order valence-electron chi connectivity index (χ1n) is 7.54. The summed E-state index contributed by atoms with van der Waals surface area (Å²) >= 11 is 0. The fourth-order valence-electron chi connectivity index (χ4n) is 2.53. The summed E-state index contributed by atoms with van der Waals surface area (Å²) in [7, 11) is 0.